The normalized spacial score (nSPS) is 10.5. The van der Waals surface area contributed by atoms with Crippen LogP contribution in [0.3, 0.4) is 0 Å². The van der Waals surface area contributed by atoms with Gasteiger partial charge in [0.05, 0.1) is 17.6 Å². The van der Waals surface area contributed by atoms with Crippen LogP contribution in [0.15, 0.2) is 64.6 Å². The molecule has 0 fully saturated rings. The molecule has 23 heavy (non-hydrogen) atoms. The number of anilines is 1. The first kappa shape index (κ1) is 15.8. The summed E-state index contributed by atoms with van der Waals surface area (Å²) in [5.41, 5.74) is 2.68. The number of carbonyl (C=O) groups is 1. The number of nitrogens with one attached hydrogen (secondary N) is 2. The third kappa shape index (κ3) is 4.43. The third-order valence-electron chi connectivity index (χ3n) is 2.99. The maximum absolute atomic E-state index is 12.0. The van der Waals surface area contributed by atoms with Crippen LogP contribution >= 0.6 is 27.7 Å². The predicted molar refractivity (Wildman–Crippen MR) is 95.3 cm³/mol. The number of hydrogen-bond donors (Lipinski definition) is 2. The molecule has 0 aliphatic rings. The summed E-state index contributed by atoms with van der Waals surface area (Å²) in [5, 5.41) is 3.56. The second-order valence-corrected chi connectivity index (χ2v) is 6.56. The van der Waals surface area contributed by atoms with E-state index in [2.05, 4.69) is 36.2 Å². The van der Waals surface area contributed by atoms with Crippen molar-refractivity contribution in [1.29, 1.82) is 0 Å². The second-order valence-electron chi connectivity index (χ2n) is 4.69. The van der Waals surface area contributed by atoms with E-state index in [0.29, 0.717) is 5.16 Å². The number of imidazole rings is 1. The quantitative estimate of drug-likeness (QED) is 0.648. The number of pyridine rings is 1. The molecule has 0 atom stereocenters. The van der Waals surface area contributed by atoms with Crippen molar-refractivity contribution < 1.29 is 4.79 Å². The molecule has 116 valence electrons. The lowest BCUT2D eigenvalue weighted by molar-refractivity contribution is -0.113. The van der Waals surface area contributed by atoms with Gasteiger partial charge in [0, 0.05) is 28.1 Å². The molecule has 3 aromatic rings. The maximum Gasteiger partial charge on any atom is 0.234 e. The van der Waals surface area contributed by atoms with Gasteiger partial charge in [-0.25, -0.2) is 4.98 Å². The minimum atomic E-state index is -0.0741. The molecule has 0 unspecified atom stereocenters. The van der Waals surface area contributed by atoms with Gasteiger partial charge in [-0.2, -0.15) is 0 Å². The Hall–Kier alpha value is -2.12. The van der Waals surface area contributed by atoms with Gasteiger partial charge in [0.15, 0.2) is 5.16 Å². The molecule has 0 aliphatic heterocycles. The zero-order chi connectivity index (χ0) is 16.1. The molecule has 0 aliphatic carbocycles. The van der Waals surface area contributed by atoms with Crippen molar-refractivity contribution >= 4 is 39.3 Å². The number of amides is 1. The monoisotopic (exact) mass is 388 g/mol. The van der Waals surface area contributed by atoms with Crippen molar-refractivity contribution in [3.05, 3.63) is 59.5 Å². The van der Waals surface area contributed by atoms with Gasteiger partial charge < -0.3 is 10.3 Å². The van der Waals surface area contributed by atoms with E-state index in [-0.39, 0.29) is 11.7 Å². The Morgan fingerprint density at radius 3 is 2.87 bits per heavy atom. The highest BCUT2D eigenvalue weighted by molar-refractivity contribution is 9.10. The minimum absolute atomic E-state index is 0.0741. The number of benzene rings is 1. The fourth-order valence-corrected chi connectivity index (χ4v) is 3.00. The van der Waals surface area contributed by atoms with E-state index in [1.54, 1.807) is 18.6 Å². The molecule has 0 bridgehead atoms. The Morgan fingerprint density at radius 1 is 1.26 bits per heavy atom. The molecular weight excluding hydrogens is 376 g/mol. The first-order chi connectivity index (χ1) is 11.2. The highest BCUT2D eigenvalue weighted by Gasteiger charge is 2.07. The number of hydrogen-bond acceptors (Lipinski definition) is 4. The molecule has 0 spiro atoms. The van der Waals surface area contributed by atoms with Gasteiger partial charge in [0.25, 0.3) is 0 Å². The zero-order valence-corrected chi connectivity index (χ0v) is 14.4. The Balaban J connectivity index is 1.56. The lowest BCUT2D eigenvalue weighted by Gasteiger charge is -2.04. The van der Waals surface area contributed by atoms with E-state index in [9.17, 15) is 4.79 Å². The van der Waals surface area contributed by atoms with E-state index in [1.165, 1.54) is 11.8 Å². The standard InChI is InChI=1S/C16H13BrN4OS/c17-12-2-1-3-13(8-12)20-15(22)10-23-16-19-9-14(21-16)11-4-6-18-7-5-11/h1-9H,10H2,(H,19,21)(H,20,22). The first-order valence-corrected chi connectivity index (χ1v) is 8.62. The Labute approximate surface area is 146 Å². The van der Waals surface area contributed by atoms with Gasteiger partial charge >= 0.3 is 0 Å². The largest absolute Gasteiger partial charge is 0.333 e. The number of thioether (sulfide) groups is 1. The summed E-state index contributed by atoms with van der Waals surface area (Å²) in [4.78, 5) is 23.4. The Kier molecular flexibility index (Phi) is 5.09. The summed E-state index contributed by atoms with van der Waals surface area (Å²) in [6.07, 6.45) is 5.22. The van der Waals surface area contributed by atoms with Crippen LogP contribution in [0.1, 0.15) is 0 Å². The predicted octanol–water partition coefficient (Wildman–Crippen LogP) is 3.97. The third-order valence-corrected chi connectivity index (χ3v) is 4.37. The lowest BCUT2D eigenvalue weighted by Crippen LogP contribution is -2.14. The average molecular weight is 389 g/mol. The van der Waals surface area contributed by atoms with Gasteiger partial charge in [0.1, 0.15) is 0 Å². The molecule has 2 aromatic heterocycles. The van der Waals surface area contributed by atoms with E-state index >= 15 is 0 Å². The fourth-order valence-electron chi connectivity index (χ4n) is 1.95. The summed E-state index contributed by atoms with van der Waals surface area (Å²) in [5.74, 6) is 0.213. The molecule has 5 nitrogen and oxygen atoms in total. The van der Waals surface area contributed by atoms with Crippen LogP contribution in [0.25, 0.3) is 11.3 Å². The van der Waals surface area contributed by atoms with Crippen LogP contribution in [-0.2, 0) is 4.79 Å². The number of carbonyl (C=O) groups excluding carboxylic acids is 1. The van der Waals surface area contributed by atoms with Crippen LogP contribution in [0.5, 0.6) is 0 Å². The highest BCUT2D eigenvalue weighted by Crippen LogP contribution is 2.21. The number of aromatic amines is 1. The van der Waals surface area contributed by atoms with Crippen LogP contribution < -0.4 is 5.32 Å². The van der Waals surface area contributed by atoms with Gasteiger partial charge in [-0.3, -0.25) is 9.78 Å². The van der Waals surface area contributed by atoms with Crippen molar-refractivity contribution in [3.8, 4) is 11.3 Å². The fraction of sp³-hybridized carbons (Fsp3) is 0.0625. The minimum Gasteiger partial charge on any atom is -0.333 e. The Morgan fingerprint density at radius 2 is 2.09 bits per heavy atom. The van der Waals surface area contributed by atoms with E-state index in [0.717, 1.165) is 21.4 Å². The van der Waals surface area contributed by atoms with E-state index in [4.69, 9.17) is 0 Å². The van der Waals surface area contributed by atoms with Gasteiger partial charge in [-0.1, -0.05) is 33.8 Å². The summed E-state index contributed by atoms with van der Waals surface area (Å²) in [7, 11) is 0. The number of H-pyrrole nitrogens is 1. The van der Waals surface area contributed by atoms with Crippen LogP contribution in [-0.4, -0.2) is 26.6 Å². The van der Waals surface area contributed by atoms with Crippen LogP contribution in [0.2, 0.25) is 0 Å². The molecular formula is C16H13BrN4OS. The van der Waals surface area contributed by atoms with E-state index < -0.39 is 0 Å². The number of nitrogens with zero attached hydrogens (tertiary/aromatic N) is 2. The lowest BCUT2D eigenvalue weighted by atomic mass is 10.2. The zero-order valence-electron chi connectivity index (χ0n) is 12.0. The number of aromatic nitrogens is 3. The SMILES string of the molecule is O=C(CSc1ncc(-c2ccncc2)[nH]1)Nc1cccc(Br)c1. The van der Waals surface area contributed by atoms with E-state index in [1.807, 2.05) is 36.4 Å². The van der Waals surface area contributed by atoms with Crippen molar-refractivity contribution in [2.75, 3.05) is 11.1 Å². The second kappa shape index (κ2) is 7.43. The molecule has 2 heterocycles. The summed E-state index contributed by atoms with van der Waals surface area (Å²) >= 11 is 4.74. The number of halogens is 1. The highest BCUT2D eigenvalue weighted by atomic mass is 79.9. The Bertz CT molecular complexity index is 807. The summed E-state index contributed by atoms with van der Waals surface area (Å²) < 4.78 is 0.927. The van der Waals surface area contributed by atoms with Gasteiger partial charge in [-0.15, -0.1) is 0 Å². The summed E-state index contributed by atoms with van der Waals surface area (Å²) in [6, 6.07) is 11.3. The molecule has 0 radical (unpaired) electrons. The molecule has 3 rings (SSSR count). The maximum atomic E-state index is 12.0. The molecule has 0 saturated carbocycles. The topological polar surface area (TPSA) is 70.7 Å². The van der Waals surface area contributed by atoms with Crippen LogP contribution in [0.4, 0.5) is 5.69 Å². The average Bonchev–Trinajstić information content (AvgIpc) is 3.03. The molecule has 7 heteroatoms. The van der Waals surface area contributed by atoms with Crippen molar-refractivity contribution in [3.63, 3.8) is 0 Å². The number of rotatable bonds is 5. The molecule has 1 aromatic carbocycles. The summed E-state index contributed by atoms with van der Waals surface area (Å²) in [6.45, 7) is 0. The van der Waals surface area contributed by atoms with Crippen molar-refractivity contribution in [1.82, 2.24) is 15.0 Å². The van der Waals surface area contributed by atoms with Crippen molar-refractivity contribution in [2.45, 2.75) is 5.16 Å². The van der Waals surface area contributed by atoms with Crippen LogP contribution in [0, 0.1) is 0 Å². The first-order valence-electron chi connectivity index (χ1n) is 6.84. The molecule has 0 saturated heterocycles. The van der Waals surface area contributed by atoms with Gasteiger partial charge in [0.2, 0.25) is 5.91 Å². The van der Waals surface area contributed by atoms with Gasteiger partial charge in [-0.05, 0) is 30.3 Å². The van der Waals surface area contributed by atoms with Crippen molar-refractivity contribution in [2.24, 2.45) is 0 Å². The smallest absolute Gasteiger partial charge is 0.234 e. The molecule has 1 amide bonds. The molecule has 2 N–H and O–H groups in total.